The maximum Gasteiger partial charge on any atom is 0.339 e. The van der Waals surface area contributed by atoms with Crippen LogP contribution in [0.2, 0.25) is 0 Å². The molecule has 5 nitrogen and oxygen atoms in total. The summed E-state index contributed by atoms with van der Waals surface area (Å²) in [6, 6.07) is 14.0. The first-order chi connectivity index (χ1) is 11.1. The molecule has 0 amide bonds. The van der Waals surface area contributed by atoms with Gasteiger partial charge in [-0.1, -0.05) is 24.3 Å². The predicted molar refractivity (Wildman–Crippen MR) is 93.3 cm³/mol. The Kier molecular flexibility index (Phi) is 8.64. The van der Waals surface area contributed by atoms with Crippen molar-refractivity contribution in [1.29, 1.82) is 0 Å². The van der Waals surface area contributed by atoms with Crippen molar-refractivity contribution >= 4 is 17.7 Å². The Hall–Kier alpha value is -2.18. The monoisotopic (exact) mass is 335 g/mol. The zero-order chi connectivity index (χ0) is 17.1. The third-order valence-electron chi connectivity index (χ3n) is 2.82. The number of nitrogens with two attached hydrogens (primary N) is 1. The summed E-state index contributed by atoms with van der Waals surface area (Å²) >= 11 is 1.85. The molecule has 0 radical (unpaired) electrons. The van der Waals surface area contributed by atoms with Gasteiger partial charge in [0.05, 0.1) is 7.11 Å². The molecule has 0 bridgehead atoms. The quantitative estimate of drug-likeness (QED) is 0.703. The van der Waals surface area contributed by atoms with Crippen molar-refractivity contribution in [3.8, 4) is 11.5 Å². The van der Waals surface area contributed by atoms with Gasteiger partial charge in [0.25, 0.3) is 0 Å². The number of ether oxygens (including phenoxy) is 1. The minimum atomic E-state index is -1.11. The molecule has 0 atom stereocenters. The van der Waals surface area contributed by atoms with E-state index < -0.39 is 5.97 Å². The summed E-state index contributed by atoms with van der Waals surface area (Å²) in [6.07, 6.45) is 0. The minimum Gasteiger partial charge on any atom is -0.507 e. The van der Waals surface area contributed by atoms with Crippen LogP contribution in [0.25, 0.3) is 0 Å². The van der Waals surface area contributed by atoms with Crippen LogP contribution in [0.3, 0.4) is 0 Å². The summed E-state index contributed by atoms with van der Waals surface area (Å²) in [5.41, 5.74) is 6.65. The first-order valence-electron chi connectivity index (χ1n) is 7.00. The molecule has 2 aromatic carbocycles. The molecule has 0 fully saturated rings. The van der Waals surface area contributed by atoms with Crippen LogP contribution in [0, 0.1) is 0 Å². The summed E-state index contributed by atoms with van der Waals surface area (Å²) in [4.78, 5) is 10.3. The van der Waals surface area contributed by atoms with Crippen molar-refractivity contribution < 1.29 is 19.7 Å². The van der Waals surface area contributed by atoms with Gasteiger partial charge in [-0.2, -0.15) is 11.8 Å². The number of hydrogen-bond donors (Lipinski definition) is 3. The highest BCUT2D eigenvalue weighted by atomic mass is 32.2. The lowest BCUT2D eigenvalue weighted by Crippen LogP contribution is -2.01. The van der Waals surface area contributed by atoms with Crippen LogP contribution in [-0.2, 0) is 5.75 Å². The Morgan fingerprint density at radius 1 is 1.17 bits per heavy atom. The number of hydrogen-bond acceptors (Lipinski definition) is 5. The van der Waals surface area contributed by atoms with Crippen LogP contribution in [0.15, 0.2) is 48.5 Å². The van der Waals surface area contributed by atoms with Crippen molar-refractivity contribution in [3.05, 3.63) is 59.7 Å². The number of carboxylic acid groups (broad SMARTS) is 1. The van der Waals surface area contributed by atoms with E-state index in [1.165, 1.54) is 17.7 Å². The van der Waals surface area contributed by atoms with Crippen molar-refractivity contribution in [2.75, 3.05) is 19.4 Å². The Morgan fingerprint density at radius 2 is 1.83 bits per heavy atom. The maximum absolute atomic E-state index is 10.3. The zero-order valence-electron chi connectivity index (χ0n) is 12.9. The highest BCUT2D eigenvalue weighted by molar-refractivity contribution is 7.98. The van der Waals surface area contributed by atoms with Crippen LogP contribution in [-0.4, -0.2) is 35.6 Å². The van der Waals surface area contributed by atoms with Crippen LogP contribution in [0.1, 0.15) is 15.9 Å². The summed E-state index contributed by atoms with van der Waals surface area (Å²) in [5, 5.41) is 17.3. The van der Waals surface area contributed by atoms with E-state index in [1.54, 1.807) is 19.2 Å². The first kappa shape index (κ1) is 18.9. The van der Waals surface area contributed by atoms with Gasteiger partial charge in [0, 0.05) is 18.1 Å². The van der Waals surface area contributed by atoms with Crippen molar-refractivity contribution in [2.24, 2.45) is 5.73 Å². The molecular weight excluding hydrogens is 314 g/mol. The van der Waals surface area contributed by atoms with Gasteiger partial charge in [0.1, 0.15) is 17.1 Å². The largest absolute Gasteiger partial charge is 0.507 e. The number of methoxy groups -OCH3 is 1. The Morgan fingerprint density at radius 3 is 2.30 bits per heavy atom. The maximum atomic E-state index is 10.3. The molecule has 0 aliphatic rings. The van der Waals surface area contributed by atoms with Gasteiger partial charge in [0.2, 0.25) is 0 Å². The highest BCUT2D eigenvalue weighted by Crippen LogP contribution is 2.16. The lowest BCUT2D eigenvalue weighted by molar-refractivity contribution is 0.0693. The van der Waals surface area contributed by atoms with Gasteiger partial charge >= 0.3 is 5.97 Å². The molecule has 0 spiro atoms. The number of para-hydroxylation sites is 1. The fraction of sp³-hybridized carbons (Fsp3) is 0.235. The minimum absolute atomic E-state index is 0.0671. The van der Waals surface area contributed by atoms with Crippen LogP contribution < -0.4 is 10.5 Å². The number of carbonyl (C=O) groups is 1. The molecule has 4 N–H and O–H groups in total. The van der Waals surface area contributed by atoms with Gasteiger partial charge in [-0.25, -0.2) is 4.79 Å². The number of benzene rings is 2. The molecule has 0 aliphatic heterocycles. The SMILES string of the molecule is COc1ccc(CSCCN)cc1.O=C(O)c1ccccc1O. The second-order valence-electron chi connectivity index (χ2n) is 4.51. The average Bonchev–Trinajstić information content (AvgIpc) is 2.56. The summed E-state index contributed by atoms with van der Waals surface area (Å²) < 4.78 is 5.07. The van der Waals surface area contributed by atoms with E-state index in [1.807, 2.05) is 23.9 Å². The molecule has 0 aromatic heterocycles. The summed E-state index contributed by atoms with van der Waals surface area (Å²) in [5.74, 6) is 1.65. The summed E-state index contributed by atoms with van der Waals surface area (Å²) in [6.45, 7) is 0.751. The third kappa shape index (κ3) is 7.08. The lowest BCUT2D eigenvalue weighted by atomic mass is 10.2. The number of aromatic carboxylic acids is 1. The normalized spacial score (nSPS) is 9.65. The summed E-state index contributed by atoms with van der Waals surface area (Å²) in [7, 11) is 1.68. The van der Waals surface area contributed by atoms with Gasteiger partial charge in [-0.15, -0.1) is 0 Å². The van der Waals surface area contributed by atoms with Crippen molar-refractivity contribution in [3.63, 3.8) is 0 Å². The van der Waals surface area contributed by atoms with Crippen LogP contribution in [0.5, 0.6) is 11.5 Å². The Labute approximate surface area is 140 Å². The highest BCUT2D eigenvalue weighted by Gasteiger charge is 2.05. The van der Waals surface area contributed by atoms with Crippen LogP contribution >= 0.6 is 11.8 Å². The first-order valence-corrected chi connectivity index (χ1v) is 8.16. The second kappa shape index (κ2) is 10.5. The van der Waals surface area contributed by atoms with E-state index in [2.05, 4.69) is 12.1 Å². The molecule has 0 aliphatic carbocycles. The number of thioether (sulfide) groups is 1. The second-order valence-corrected chi connectivity index (χ2v) is 5.62. The molecule has 0 heterocycles. The Bertz CT molecular complexity index is 602. The molecule has 2 aromatic rings. The smallest absolute Gasteiger partial charge is 0.339 e. The van der Waals surface area contributed by atoms with E-state index in [-0.39, 0.29) is 11.3 Å². The molecule has 6 heteroatoms. The fourth-order valence-corrected chi connectivity index (χ4v) is 2.39. The molecule has 2 rings (SSSR count). The van der Waals surface area contributed by atoms with Gasteiger partial charge in [-0.05, 0) is 29.8 Å². The molecule has 23 heavy (non-hydrogen) atoms. The predicted octanol–water partition coefficient (Wildman–Crippen LogP) is 2.98. The number of rotatable bonds is 6. The van der Waals surface area contributed by atoms with Crippen molar-refractivity contribution in [2.45, 2.75) is 5.75 Å². The Balaban J connectivity index is 0.000000238. The van der Waals surface area contributed by atoms with Crippen LogP contribution in [0.4, 0.5) is 0 Å². The standard InChI is InChI=1S/C10H15NOS.C7H6O3/c1-12-10-4-2-9(3-5-10)8-13-7-6-11;8-6-4-2-1-3-5(6)7(9)10/h2-5H,6-8,11H2,1H3;1-4,8H,(H,9,10). The van der Waals surface area contributed by atoms with E-state index in [0.717, 1.165) is 23.8 Å². The van der Waals surface area contributed by atoms with E-state index in [4.69, 9.17) is 20.7 Å². The topological polar surface area (TPSA) is 92.8 Å². The van der Waals surface area contributed by atoms with E-state index in [0.29, 0.717) is 0 Å². The number of phenols is 1. The zero-order valence-corrected chi connectivity index (χ0v) is 13.8. The molecule has 0 unspecified atom stereocenters. The molecular formula is C17H21NO4S. The van der Waals surface area contributed by atoms with E-state index in [9.17, 15) is 4.79 Å². The fourth-order valence-electron chi connectivity index (χ4n) is 1.65. The average molecular weight is 335 g/mol. The third-order valence-corrected chi connectivity index (χ3v) is 3.89. The number of aromatic hydroxyl groups is 1. The van der Waals surface area contributed by atoms with E-state index >= 15 is 0 Å². The van der Waals surface area contributed by atoms with Crippen molar-refractivity contribution in [1.82, 2.24) is 0 Å². The number of carboxylic acids is 1. The lowest BCUT2D eigenvalue weighted by Gasteiger charge is -2.02. The van der Waals surface area contributed by atoms with Gasteiger partial charge in [-0.3, -0.25) is 0 Å². The molecule has 0 saturated heterocycles. The molecule has 0 saturated carbocycles. The van der Waals surface area contributed by atoms with Gasteiger partial charge < -0.3 is 20.7 Å². The molecule has 124 valence electrons. The van der Waals surface area contributed by atoms with Gasteiger partial charge in [0.15, 0.2) is 0 Å².